The van der Waals surface area contributed by atoms with Crippen molar-refractivity contribution in [3.8, 4) is 0 Å². The van der Waals surface area contributed by atoms with Crippen LogP contribution in [0.3, 0.4) is 0 Å². The fourth-order valence-corrected chi connectivity index (χ4v) is 0.511. The van der Waals surface area contributed by atoms with Gasteiger partial charge in [-0.25, -0.2) is 4.79 Å². The van der Waals surface area contributed by atoms with Crippen LogP contribution in [0.4, 0.5) is 0 Å². The van der Waals surface area contributed by atoms with Crippen molar-refractivity contribution in [2.75, 3.05) is 0 Å². The standard InChI is InChI=1S/C5H6NO/c7-4-6-5-2-1-3-5/h1-3H2. The first-order valence-electron chi connectivity index (χ1n) is 2.36. The van der Waals surface area contributed by atoms with Crippen LogP contribution in [0.2, 0.25) is 0 Å². The molecule has 0 aromatic carbocycles. The maximum Gasteiger partial charge on any atom is 0.235 e. The van der Waals surface area contributed by atoms with Gasteiger partial charge in [-0.05, 0) is 19.3 Å². The summed E-state index contributed by atoms with van der Waals surface area (Å²) in [6, 6.07) is 1.01. The van der Waals surface area contributed by atoms with Gasteiger partial charge >= 0.3 is 0 Å². The molecule has 0 unspecified atom stereocenters. The predicted octanol–water partition coefficient (Wildman–Crippen LogP) is 1.04. The van der Waals surface area contributed by atoms with Gasteiger partial charge in [0, 0.05) is 0 Å². The van der Waals surface area contributed by atoms with Gasteiger partial charge in [-0.15, -0.1) is 0 Å². The maximum absolute atomic E-state index is 9.50. The highest BCUT2D eigenvalue weighted by molar-refractivity contribution is 5.36. The molecule has 1 fully saturated rings. The summed E-state index contributed by atoms with van der Waals surface area (Å²) in [5.41, 5.74) is 0. The number of nitrogens with zero attached hydrogens (tertiary/aromatic N) is 1. The molecular formula is C5H6NO. The molecule has 1 aliphatic carbocycles. The van der Waals surface area contributed by atoms with Crippen LogP contribution in [0.15, 0.2) is 4.99 Å². The Labute approximate surface area is 42.3 Å². The molecule has 7 heavy (non-hydrogen) atoms. The van der Waals surface area contributed by atoms with Crippen molar-refractivity contribution < 1.29 is 4.79 Å². The predicted molar refractivity (Wildman–Crippen MR) is 25.2 cm³/mol. The Balaban J connectivity index is 2.27. The molecule has 1 radical (unpaired) electrons. The number of aliphatic imine (C=N–C) groups is 1. The van der Waals surface area contributed by atoms with Gasteiger partial charge in [0.25, 0.3) is 0 Å². The first-order chi connectivity index (χ1) is 3.43. The fraction of sp³-hybridized carbons (Fsp3) is 0.600. The van der Waals surface area contributed by atoms with Crippen molar-refractivity contribution in [2.45, 2.75) is 19.3 Å². The minimum absolute atomic E-state index is 1.01. The number of hydrogen-bond acceptors (Lipinski definition) is 2. The van der Waals surface area contributed by atoms with Crippen LogP contribution in [0, 0.1) is 6.04 Å². The Hall–Kier alpha value is -0.620. The Bertz CT molecular complexity index is 101. The number of carbonyl (C=O) groups excluding carboxylic acids is 1. The molecule has 0 aromatic rings. The van der Waals surface area contributed by atoms with E-state index in [2.05, 4.69) is 4.99 Å². The quantitative estimate of drug-likeness (QED) is 0.354. The second-order valence-electron chi connectivity index (χ2n) is 1.62. The number of rotatable bonds is 1. The van der Waals surface area contributed by atoms with Gasteiger partial charge in [-0.2, -0.15) is 4.99 Å². The van der Waals surface area contributed by atoms with Gasteiger partial charge in [0.05, 0.1) is 6.04 Å². The lowest BCUT2D eigenvalue weighted by molar-refractivity contribution is 0.526. The lowest BCUT2D eigenvalue weighted by Crippen LogP contribution is -2.03. The lowest BCUT2D eigenvalue weighted by Gasteiger charge is -2.16. The van der Waals surface area contributed by atoms with Crippen molar-refractivity contribution in [3.63, 3.8) is 0 Å². The lowest BCUT2D eigenvalue weighted by atomic mass is 9.94. The summed E-state index contributed by atoms with van der Waals surface area (Å²) in [4.78, 5) is 12.9. The van der Waals surface area contributed by atoms with Gasteiger partial charge in [-0.1, -0.05) is 0 Å². The molecule has 1 aliphatic rings. The smallest absolute Gasteiger partial charge is 0.211 e. The van der Waals surface area contributed by atoms with Crippen molar-refractivity contribution in [1.82, 2.24) is 0 Å². The van der Waals surface area contributed by atoms with Crippen LogP contribution in [0.1, 0.15) is 19.3 Å². The Morgan fingerprint density at radius 1 is 1.57 bits per heavy atom. The largest absolute Gasteiger partial charge is 0.235 e. The molecule has 2 nitrogen and oxygen atoms in total. The topological polar surface area (TPSA) is 29.4 Å². The van der Waals surface area contributed by atoms with Gasteiger partial charge in [0.15, 0.2) is 0 Å². The van der Waals surface area contributed by atoms with Crippen molar-refractivity contribution >= 4 is 6.08 Å². The maximum atomic E-state index is 9.50. The van der Waals surface area contributed by atoms with Crippen LogP contribution in [-0.2, 0) is 4.79 Å². The molecule has 0 aromatic heterocycles. The zero-order chi connectivity index (χ0) is 5.11. The van der Waals surface area contributed by atoms with E-state index in [0.717, 1.165) is 18.9 Å². The molecule has 1 saturated carbocycles. The molecule has 0 heterocycles. The summed E-state index contributed by atoms with van der Waals surface area (Å²) in [7, 11) is 0. The summed E-state index contributed by atoms with van der Waals surface area (Å²) >= 11 is 0. The van der Waals surface area contributed by atoms with Crippen molar-refractivity contribution in [3.05, 3.63) is 6.04 Å². The third-order valence-electron chi connectivity index (χ3n) is 1.13. The van der Waals surface area contributed by atoms with E-state index >= 15 is 0 Å². The molecule has 0 amide bonds. The summed E-state index contributed by atoms with van der Waals surface area (Å²) in [5.74, 6) is 0. The summed E-state index contributed by atoms with van der Waals surface area (Å²) < 4.78 is 0. The Morgan fingerprint density at radius 3 is 2.43 bits per heavy atom. The third-order valence-corrected chi connectivity index (χ3v) is 1.13. The average Bonchev–Trinajstić information content (AvgIpc) is 1.55. The first kappa shape index (κ1) is 4.54. The van der Waals surface area contributed by atoms with E-state index in [-0.39, 0.29) is 0 Å². The number of isocyanates is 1. The molecule has 0 bridgehead atoms. The molecule has 0 spiro atoms. The van der Waals surface area contributed by atoms with Crippen molar-refractivity contribution in [2.24, 2.45) is 4.99 Å². The van der Waals surface area contributed by atoms with E-state index in [1.807, 2.05) is 0 Å². The van der Waals surface area contributed by atoms with Gasteiger partial charge < -0.3 is 0 Å². The Morgan fingerprint density at radius 2 is 2.29 bits per heavy atom. The van der Waals surface area contributed by atoms with E-state index in [1.54, 1.807) is 0 Å². The highest BCUT2D eigenvalue weighted by atomic mass is 16.1. The van der Waals surface area contributed by atoms with Crippen LogP contribution in [0.5, 0.6) is 0 Å². The SMILES string of the molecule is O=C=N[C]1CCC1. The minimum atomic E-state index is 1.01. The van der Waals surface area contributed by atoms with E-state index in [0.29, 0.717) is 0 Å². The molecular weight excluding hydrogens is 90.1 g/mol. The van der Waals surface area contributed by atoms with Crippen LogP contribution in [-0.4, -0.2) is 6.08 Å². The zero-order valence-corrected chi connectivity index (χ0v) is 3.98. The molecule has 37 valence electrons. The first-order valence-corrected chi connectivity index (χ1v) is 2.36. The summed E-state index contributed by atoms with van der Waals surface area (Å²) in [6.07, 6.45) is 4.72. The second kappa shape index (κ2) is 1.90. The third kappa shape index (κ3) is 0.875. The Kier molecular flexibility index (Phi) is 1.23. The van der Waals surface area contributed by atoms with E-state index < -0.39 is 0 Å². The average molecular weight is 96.1 g/mol. The molecule has 1 rings (SSSR count). The molecule has 0 N–H and O–H groups in total. The second-order valence-corrected chi connectivity index (χ2v) is 1.62. The van der Waals surface area contributed by atoms with Crippen LogP contribution >= 0.6 is 0 Å². The number of hydrogen-bond donors (Lipinski definition) is 0. The van der Waals surface area contributed by atoms with Crippen molar-refractivity contribution in [1.29, 1.82) is 0 Å². The molecule has 0 atom stereocenters. The highest BCUT2D eigenvalue weighted by Crippen LogP contribution is 2.28. The van der Waals surface area contributed by atoms with Crippen LogP contribution in [0.25, 0.3) is 0 Å². The monoisotopic (exact) mass is 96.0 g/mol. The van der Waals surface area contributed by atoms with Gasteiger partial charge in [0.1, 0.15) is 0 Å². The van der Waals surface area contributed by atoms with E-state index in [9.17, 15) is 4.79 Å². The van der Waals surface area contributed by atoms with Gasteiger partial charge in [-0.3, -0.25) is 0 Å². The van der Waals surface area contributed by atoms with E-state index in [1.165, 1.54) is 12.5 Å². The van der Waals surface area contributed by atoms with E-state index in [4.69, 9.17) is 0 Å². The highest BCUT2D eigenvalue weighted by Gasteiger charge is 2.16. The van der Waals surface area contributed by atoms with Gasteiger partial charge in [0.2, 0.25) is 6.08 Å². The minimum Gasteiger partial charge on any atom is -0.211 e. The molecule has 2 heteroatoms. The summed E-state index contributed by atoms with van der Waals surface area (Å²) in [5, 5.41) is 0. The zero-order valence-electron chi connectivity index (χ0n) is 3.98. The molecule has 0 aliphatic heterocycles. The molecule has 0 saturated heterocycles. The fourth-order valence-electron chi connectivity index (χ4n) is 0.511. The summed E-state index contributed by atoms with van der Waals surface area (Å²) in [6.45, 7) is 0. The van der Waals surface area contributed by atoms with Crippen LogP contribution < -0.4 is 0 Å². The normalized spacial score (nSPS) is 20.0.